The fourth-order valence-corrected chi connectivity index (χ4v) is 4.95. The molecule has 2 amide bonds. The Kier molecular flexibility index (Phi) is 7.00. The van der Waals surface area contributed by atoms with E-state index < -0.39 is 22.3 Å². The Morgan fingerprint density at radius 2 is 2.03 bits per heavy atom. The maximum Gasteiger partial charge on any atom is 0.269 e. The van der Waals surface area contributed by atoms with Crippen LogP contribution in [0.4, 0.5) is 11.4 Å². The Balaban J connectivity index is 1.60. The molecule has 2 aromatic rings. The van der Waals surface area contributed by atoms with Crippen LogP contribution < -0.4 is 4.90 Å². The van der Waals surface area contributed by atoms with Crippen LogP contribution in [0, 0.1) is 16.0 Å². The molecule has 0 radical (unpaired) electrons. The molecule has 2 aliphatic heterocycles. The predicted octanol–water partition coefficient (Wildman–Crippen LogP) is 2.89. The number of nitro groups is 1. The van der Waals surface area contributed by atoms with Crippen LogP contribution in [0.5, 0.6) is 0 Å². The largest absolute Gasteiger partial charge is 0.394 e. The Bertz CT molecular complexity index is 1150. The zero-order valence-corrected chi connectivity index (χ0v) is 19.5. The zero-order chi connectivity index (χ0) is 25.2. The van der Waals surface area contributed by atoms with Crippen LogP contribution in [-0.2, 0) is 21.7 Å². The summed E-state index contributed by atoms with van der Waals surface area (Å²) in [5.41, 5.74) is -0.780. The van der Waals surface area contributed by atoms with Crippen molar-refractivity contribution in [3.8, 4) is 0 Å². The lowest BCUT2D eigenvalue weighted by Crippen LogP contribution is -2.44. The summed E-state index contributed by atoms with van der Waals surface area (Å²) in [7, 11) is 0. The summed E-state index contributed by atoms with van der Waals surface area (Å²) in [4.78, 5) is 40.1. The summed E-state index contributed by atoms with van der Waals surface area (Å²) in [5.74, 6) is -1.45. The number of nitrogens with zero attached hydrogens (tertiary/aromatic N) is 3. The maximum absolute atomic E-state index is 13.6. The molecule has 0 bridgehead atoms. The Morgan fingerprint density at radius 1 is 1.29 bits per heavy atom. The van der Waals surface area contributed by atoms with Gasteiger partial charge < -0.3 is 20.0 Å². The number of hydrogen-bond acceptors (Lipinski definition) is 6. The van der Waals surface area contributed by atoms with E-state index in [0.29, 0.717) is 12.2 Å². The Hall–Kier alpha value is -3.56. The van der Waals surface area contributed by atoms with Gasteiger partial charge in [0.1, 0.15) is 0 Å². The smallest absolute Gasteiger partial charge is 0.269 e. The van der Waals surface area contributed by atoms with Gasteiger partial charge in [-0.05, 0) is 24.5 Å². The number of amides is 2. The molecule has 4 rings (SSSR count). The molecule has 3 atom stereocenters. The lowest BCUT2D eigenvalue weighted by Gasteiger charge is -2.28. The Morgan fingerprint density at radius 3 is 2.71 bits per heavy atom. The number of anilines is 1. The first kappa shape index (κ1) is 24.6. The van der Waals surface area contributed by atoms with E-state index in [-0.39, 0.29) is 42.8 Å². The number of benzene rings is 2. The number of carbonyl (C=O) groups is 2. The normalized spacial score (nSPS) is 22.6. The van der Waals surface area contributed by atoms with Crippen LogP contribution in [0.2, 0.25) is 0 Å². The van der Waals surface area contributed by atoms with E-state index in [1.54, 1.807) is 24.0 Å². The van der Waals surface area contributed by atoms with Gasteiger partial charge in [-0.25, -0.2) is 0 Å². The number of fused-ring (bicyclic) bond motifs is 1. The van der Waals surface area contributed by atoms with Crippen LogP contribution in [0.25, 0.3) is 0 Å². The minimum Gasteiger partial charge on any atom is -0.394 e. The van der Waals surface area contributed by atoms with Gasteiger partial charge in [0.2, 0.25) is 5.91 Å². The highest BCUT2D eigenvalue weighted by Crippen LogP contribution is 2.47. The molecule has 2 aromatic carbocycles. The van der Waals surface area contributed by atoms with E-state index in [4.69, 9.17) is 0 Å². The van der Waals surface area contributed by atoms with Gasteiger partial charge in [-0.2, -0.15) is 0 Å². The van der Waals surface area contributed by atoms with Gasteiger partial charge >= 0.3 is 0 Å². The summed E-state index contributed by atoms with van der Waals surface area (Å²) in [5, 5.41) is 32.6. The quantitative estimate of drug-likeness (QED) is 0.341. The highest BCUT2D eigenvalue weighted by molar-refractivity contribution is 6.07. The molecule has 2 aliphatic rings. The van der Waals surface area contributed by atoms with Crippen molar-refractivity contribution in [2.75, 3.05) is 18.1 Å². The molecule has 0 aliphatic carbocycles. The average molecular weight is 480 g/mol. The lowest BCUT2D eigenvalue weighted by molar-refractivity contribution is -0.385. The average Bonchev–Trinajstić information content (AvgIpc) is 3.42. The fourth-order valence-electron chi connectivity index (χ4n) is 4.95. The summed E-state index contributed by atoms with van der Waals surface area (Å²) >= 11 is 0. The molecule has 0 unspecified atom stereocenters. The van der Waals surface area contributed by atoms with Crippen LogP contribution in [0.3, 0.4) is 0 Å². The first-order chi connectivity index (χ1) is 16.8. The lowest BCUT2D eigenvalue weighted by atomic mass is 9.82. The first-order valence-electron chi connectivity index (χ1n) is 11.7. The summed E-state index contributed by atoms with van der Waals surface area (Å²) in [6.07, 6.45) is 4.90. The van der Waals surface area contributed by atoms with Gasteiger partial charge in [-0.1, -0.05) is 49.4 Å². The molecular weight excluding hydrogens is 450 g/mol. The second-order valence-corrected chi connectivity index (χ2v) is 9.09. The molecule has 1 fully saturated rings. The second-order valence-electron chi connectivity index (χ2n) is 9.09. The van der Waals surface area contributed by atoms with Gasteiger partial charge in [-0.3, -0.25) is 19.7 Å². The fraction of sp³-hybridized carbons (Fsp3) is 0.385. The van der Waals surface area contributed by atoms with Crippen molar-refractivity contribution in [3.05, 3.63) is 81.9 Å². The van der Waals surface area contributed by atoms with Crippen LogP contribution in [0.1, 0.15) is 37.3 Å². The SMILES string of the molecule is C[C@H](/C=C/CC(=O)N1CCC[C@H]1CO)[C@@]1(O)C(=O)N(Cc2ccccc2)c2ccc([N+](=O)[O-])cc21. The third-order valence-corrected chi connectivity index (χ3v) is 6.93. The van der Waals surface area contributed by atoms with Gasteiger partial charge in [0.05, 0.1) is 29.8 Å². The maximum atomic E-state index is 13.6. The van der Waals surface area contributed by atoms with E-state index in [9.17, 15) is 29.9 Å². The molecular formula is C26H29N3O6. The summed E-state index contributed by atoms with van der Waals surface area (Å²) in [6.45, 7) is 2.38. The van der Waals surface area contributed by atoms with E-state index >= 15 is 0 Å². The topological polar surface area (TPSA) is 124 Å². The molecule has 2 heterocycles. The molecule has 35 heavy (non-hydrogen) atoms. The van der Waals surface area contributed by atoms with Crippen LogP contribution in [0.15, 0.2) is 60.7 Å². The van der Waals surface area contributed by atoms with Crippen molar-refractivity contribution in [1.82, 2.24) is 4.90 Å². The van der Waals surface area contributed by atoms with E-state index in [1.807, 2.05) is 30.3 Å². The molecule has 9 heteroatoms. The predicted molar refractivity (Wildman–Crippen MR) is 129 cm³/mol. The third kappa shape index (κ3) is 4.56. The molecule has 184 valence electrons. The van der Waals surface area contributed by atoms with Gasteiger partial charge in [0.25, 0.3) is 11.6 Å². The standard InChI is InChI=1S/C26H29N3O6/c1-18(7-5-11-24(31)27-14-6-10-21(27)17-30)26(33)22-15-20(29(34)35)12-13-23(22)28(25(26)32)16-19-8-3-2-4-9-19/h2-5,7-9,12-13,15,18,21,30,33H,6,10-11,14,16-17H2,1H3/b7-5+/t18-,21+,26+/m1/s1. The number of hydrogen-bond donors (Lipinski definition) is 2. The number of aliphatic hydroxyl groups excluding tert-OH is 1. The van der Waals surface area contributed by atoms with Crippen LogP contribution >= 0.6 is 0 Å². The summed E-state index contributed by atoms with van der Waals surface area (Å²) < 4.78 is 0. The molecule has 2 N–H and O–H groups in total. The van der Waals surface area contributed by atoms with E-state index in [1.165, 1.54) is 23.1 Å². The van der Waals surface area contributed by atoms with Crippen molar-refractivity contribution in [3.63, 3.8) is 0 Å². The van der Waals surface area contributed by atoms with Crippen molar-refractivity contribution in [2.45, 2.75) is 44.4 Å². The molecule has 0 saturated carbocycles. The highest BCUT2D eigenvalue weighted by Gasteiger charge is 2.53. The van der Waals surface area contributed by atoms with Crippen molar-refractivity contribution in [1.29, 1.82) is 0 Å². The number of likely N-dealkylation sites (tertiary alicyclic amines) is 1. The van der Waals surface area contributed by atoms with Gasteiger partial charge in [0.15, 0.2) is 5.60 Å². The first-order valence-corrected chi connectivity index (χ1v) is 11.7. The monoisotopic (exact) mass is 479 g/mol. The number of nitro benzene ring substituents is 1. The highest BCUT2D eigenvalue weighted by atomic mass is 16.6. The van der Waals surface area contributed by atoms with Crippen molar-refractivity contribution >= 4 is 23.2 Å². The number of aliphatic hydroxyl groups is 2. The molecule has 0 spiro atoms. The number of rotatable bonds is 8. The summed E-state index contributed by atoms with van der Waals surface area (Å²) in [6, 6.07) is 13.2. The minimum absolute atomic E-state index is 0.0701. The van der Waals surface area contributed by atoms with E-state index in [0.717, 1.165) is 18.4 Å². The number of carbonyl (C=O) groups excluding carboxylic acids is 2. The second kappa shape index (κ2) is 9.97. The third-order valence-electron chi connectivity index (χ3n) is 6.93. The Labute approximate surface area is 203 Å². The minimum atomic E-state index is -2.02. The van der Waals surface area contributed by atoms with Gasteiger partial charge in [-0.15, -0.1) is 0 Å². The van der Waals surface area contributed by atoms with E-state index in [2.05, 4.69) is 0 Å². The molecule has 1 saturated heterocycles. The number of non-ortho nitro benzene ring substituents is 1. The van der Waals surface area contributed by atoms with Crippen LogP contribution in [-0.4, -0.2) is 51.0 Å². The molecule has 9 nitrogen and oxygen atoms in total. The zero-order valence-electron chi connectivity index (χ0n) is 19.5. The van der Waals surface area contributed by atoms with Crippen molar-refractivity contribution < 1.29 is 24.7 Å². The molecule has 0 aromatic heterocycles. The van der Waals surface area contributed by atoms with Gasteiger partial charge in [0, 0.05) is 36.6 Å². The van der Waals surface area contributed by atoms with Crippen molar-refractivity contribution in [2.24, 2.45) is 5.92 Å².